The minimum atomic E-state index is 0.845. The van der Waals surface area contributed by atoms with Gasteiger partial charge in [0.2, 0.25) is 0 Å². The number of nitrogens with one attached hydrogen (secondary N) is 1. The van der Waals surface area contributed by atoms with Crippen LogP contribution in [0, 0.1) is 20.8 Å². The Balaban J connectivity index is 2.07. The van der Waals surface area contributed by atoms with Gasteiger partial charge in [0.1, 0.15) is 0 Å². The Morgan fingerprint density at radius 1 is 1.24 bits per heavy atom. The van der Waals surface area contributed by atoms with Crippen molar-refractivity contribution >= 4 is 5.69 Å². The summed E-state index contributed by atoms with van der Waals surface area (Å²) in [4.78, 5) is 4.27. The average Bonchev–Trinajstić information content (AvgIpc) is 2.56. The predicted molar refractivity (Wildman–Crippen MR) is 71.2 cm³/mol. The van der Waals surface area contributed by atoms with Crippen LogP contribution in [0.3, 0.4) is 0 Å². The quantitative estimate of drug-likeness (QED) is 0.877. The van der Waals surface area contributed by atoms with Crippen molar-refractivity contribution in [1.82, 2.24) is 9.55 Å². The van der Waals surface area contributed by atoms with Crippen LogP contribution in [0.2, 0.25) is 0 Å². The van der Waals surface area contributed by atoms with Crippen molar-refractivity contribution in [2.75, 3.05) is 5.32 Å². The fourth-order valence-corrected chi connectivity index (χ4v) is 1.88. The first-order valence-corrected chi connectivity index (χ1v) is 5.86. The molecular formula is C14H19N3. The standard InChI is InChI=1S/C14H19N3/c1-10-5-6-14(9-15-10)16-8-13-7-11(2)17(4)12(13)3/h5-7,9,16H,8H2,1-4H3. The van der Waals surface area contributed by atoms with E-state index in [1.54, 1.807) is 0 Å². The van der Waals surface area contributed by atoms with E-state index >= 15 is 0 Å². The molecular weight excluding hydrogens is 210 g/mol. The molecule has 2 rings (SSSR count). The Hall–Kier alpha value is -1.77. The van der Waals surface area contributed by atoms with Crippen LogP contribution in [-0.4, -0.2) is 9.55 Å². The van der Waals surface area contributed by atoms with E-state index in [1.807, 2.05) is 19.2 Å². The van der Waals surface area contributed by atoms with Crippen molar-refractivity contribution in [3.63, 3.8) is 0 Å². The maximum absolute atomic E-state index is 4.27. The Morgan fingerprint density at radius 2 is 2.00 bits per heavy atom. The Labute approximate surface area is 103 Å². The topological polar surface area (TPSA) is 29.9 Å². The smallest absolute Gasteiger partial charge is 0.0529 e. The van der Waals surface area contributed by atoms with E-state index in [-0.39, 0.29) is 0 Å². The van der Waals surface area contributed by atoms with Crippen LogP contribution in [-0.2, 0) is 13.6 Å². The van der Waals surface area contributed by atoms with Crippen LogP contribution < -0.4 is 5.32 Å². The van der Waals surface area contributed by atoms with Gasteiger partial charge in [-0.15, -0.1) is 0 Å². The van der Waals surface area contributed by atoms with Crippen molar-refractivity contribution in [2.24, 2.45) is 7.05 Å². The van der Waals surface area contributed by atoms with E-state index in [4.69, 9.17) is 0 Å². The third-order valence-corrected chi connectivity index (χ3v) is 3.27. The van der Waals surface area contributed by atoms with E-state index < -0.39 is 0 Å². The van der Waals surface area contributed by atoms with E-state index in [9.17, 15) is 0 Å². The first-order chi connectivity index (χ1) is 8.08. The lowest BCUT2D eigenvalue weighted by molar-refractivity contribution is 0.837. The molecule has 0 spiro atoms. The van der Waals surface area contributed by atoms with E-state index in [2.05, 4.69) is 47.9 Å². The molecule has 2 heterocycles. The molecule has 2 aromatic rings. The monoisotopic (exact) mass is 229 g/mol. The van der Waals surface area contributed by atoms with Crippen LogP contribution in [0.15, 0.2) is 24.4 Å². The summed E-state index contributed by atoms with van der Waals surface area (Å²) in [6, 6.07) is 6.31. The number of hydrogen-bond donors (Lipinski definition) is 1. The third kappa shape index (κ3) is 2.49. The van der Waals surface area contributed by atoms with Crippen LogP contribution >= 0.6 is 0 Å². The summed E-state index contributed by atoms with van der Waals surface area (Å²) < 4.78 is 2.21. The fourth-order valence-electron chi connectivity index (χ4n) is 1.88. The molecule has 1 N–H and O–H groups in total. The number of aromatic nitrogens is 2. The van der Waals surface area contributed by atoms with Gasteiger partial charge in [0, 0.05) is 30.7 Å². The third-order valence-electron chi connectivity index (χ3n) is 3.27. The summed E-state index contributed by atoms with van der Waals surface area (Å²) in [6.07, 6.45) is 1.88. The molecule has 0 fully saturated rings. The first kappa shape index (κ1) is 11.7. The number of anilines is 1. The molecule has 90 valence electrons. The number of rotatable bonds is 3. The van der Waals surface area contributed by atoms with Gasteiger partial charge in [-0.3, -0.25) is 4.98 Å². The van der Waals surface area contributed by atoms with Crippen LogP contribution in [0.4, 0.5) is 5.69 Å². The van der Waals surface area contributed by atoms with E-state index in [0.29, 0.717) is 0 Å². The zero-order valence-electron chi connectivity index (χ0n) is 10.9. The van der Waals surface area contributed by atoms with Gasteiger partial charge in [-0.25, -0.2) is 0 Å². The summed E-state index contributed by atoms with van der Waals surface area (Å²) in [6.45, 7) is 7.12. The molecule has 3 heteroatoms. The number of aryl methyl sites for hydroxylation is 2. The lowest BCUT2D eigenvalue weighted by atomic mass is 10.2. The minimum Gasteiger partial charge on any atom is -0.380 e. The van der Waals surface area contributed by atoms with Gasteiger partial charge in [0.05, 0.1) is 11.9 Å². The summed E-state index contributed by atoms with van der Waals surface area (Å²) in [5, 5.41) is 3.39. The van der Waals surface area contributed by atoms with E-state index in [1.165, 1.54) is 17.0 Å². The molecule has 0 amide bonds. The summed E-state index contributed by atoms with van der Waals surface area (Å²) in [5.74, 6) is 0. The molecule has 0 saturated carbocycles. The second-order valence-electron chi connectivity index (χ2n) is 4.50. The Bertz CT molecular complexity index is 509. The highest BCUT2D eigenvalue weighted by Crippen LogP contribution is 2.15. The zero-order valence-corrected chi connectivity index (χ0v) is 10.9. The van der Waals surface area contributed by atoms with Gasteiger partial charge in [0.15, 0.2) is 0 Å². The highest BCUT2D eigenvalue weighted by atomic mass is 15.0. The molecule has 0 unspecified atom stereocenters. The lowest BCUT2D eigenvalue weighted by Crippen LogP contribution is -2.01. The minimum absolute atomic E-state index is 0.845. The molecule has 2 aromatic heterocycles. The normalized spacial score (nSPS) is 10.6. The van der Waals surface area contributed by atoms with Crippen LogP contribution in [0.1, 0.15) is 22.6 Å². The first-order valence-electron chi connectivity index (χ1n) is 5.86. The van der Waals surface area contributed by atoms with E-state index in [0.717, 1.165) is 17.9 Å². The zero-order chi connectivity index (χ0) is 12.4. The second-order valence-corrected chi connectivity index (χ2v) is 4.50. The highest BCUT2D eigenvalue weighted by molar-refractivity contribution is 5.42. The summed E-state index contributed by atoms with van der Waals surface area (Å²) in [7, 11) is 2.10. The Kier molecular flexibility index (Phi) is 3.18. The largest absolute Gasteiger partial charge is 0.380 e. The SMILES string of the molecule is Cc1ccc(NCc2cc(C)n(C)c2C)cn1. The average molecular weight is 229 g/mol. The molecule has 0 saturated heterocycles. The maximum Gasteiger partial charge on any atom is 0.0529 e. The van der Waals surface area contributed by atoms with Crippen molar-refractivity contribution < 1.29 is 0 Å². The van der Waals surface area contributed by atoms with Gasteiger partial charge >= 0.3 is 0 Å². The van der Waals surface area contributed by atoms with Crippen molar-refractivity contribution in [3.8, 4) is 0 Å². The number of nitrogens with zero attached hydrogens (tertiary/aromatic N) is 2. The molecule has 0 aliphatic rings. The second kappa shape index (κ2) is 4.62. The molecule has 0 aliphatic carbocycles. The van der Waals surface area contributed by atoms with Gasteiger partial charge < -0.3 is 9.88 Å². The molecule has 0 aliphatic heterocycles. The molecule has 0 aromatic carbocycles. The van der Waals surface area contributed by atoms with Gasteiger partial charge in [-0.05, 0) is 44.5 Å². The van der Waals surface area contributed by atoms with Crippen molar-refractivity contribution in [3.05, 3.63) is 47.0 Å². The van der Waals surface area contributed by atoms with Gasteiger partial charge in [-0.2, -0.15) is 0 Å². The Morgan fingerprint density at radius 3 is 2.53 bits per heavy atom. The fraction of sp³-hybridized carbons (Fsp3) is 0.357. The molecule has 17 heavy (non-hydrogen) atoms. The maximum atomic E-state index is 4.27. The van der Waals surface area contributed by atoms with Crippen molar-refractivity contribution in [1.29, 1.82) is 0 Å². The highest BCUT2D eigenvalue weighted by Gasteiger charge is 2.05. The number of hydrogen-bond acceptors (Lipinski definition) is 2. The summed E-state index contributed by atoms with van der Waals surface area (Å²) in [5.41, 5.74) is 6.06. The number of pyridine rings is 1. The van der Waals surface area contributed by atoms with Crippen LogP contribution in [0.5, 0.6) is 0 Å². The molecule has 0 bridgehead atoms. The molecule has 0 atom stereocenters. The van der Waals surface area contributed by atoms with Gasteiger partial charge in [0.25, 0.3) is 0 Å². The molecule has 0 radical (unpaired) electrons. The van der Waals surface area contributed by atoms with Crippen LogP contribution in [0.25, 0.3) is 0 Å². The summed E-state index contributed by atoms with van der Waals surface area (Å²) >= 11 is 0. The predicted octanol–water partition coefficient (Wildman–Crippen LogP) is 2.96. The molecule has 3 nitrogen and oxygen atoms in total. The van der Waals surface area contributed by atoms with Gasteiger partial charge in [-0.1, -0.05) is 0 Å². The lowest BCUT2D eigenvalue weighted by Gasteiger charge is -2.06. The van der Waals surface area contributed by atoms with Crippen molar-refractivity contribution in [2.45, 2.75) is 27.3 Å².